The Morgan fingerprint density at radius 2 is 2.29 bits per heavy atom. The zero-order valence-corrected chi connectivity index (χ0v) is 11.8. The number of nitrogens with one attached hydrogen (secondary N) is 1. The molecule has 2 nitrogen and oxygen atoms in total. The second-order valence-corrected chi connectivity index (χ2v) is 5.32. The van der Waals surface area contributed by atoms with Crippen LogP contribution in [-0.2, 0) is 0 Å². The van der Waals surface area contributed by atoms with Crippen molar-refractivity contribution < 1.29 is 9.18 Å². The lowest BCUT2D eigenvalue weighted by Crippen LogP contribution is -2.25. The normalized spacial score (nSPS) is 12.2. The predicted octanol–water partition coefficient (Wildman–Crippen LogP) is 3.73. The maximum atomic E-state index is 13.2. The molecule has 1 amide bonds. The third-order valence-corrected chi connectivity index (χ3v) is 3.28. The largest absolute Gasteiger partial charge is 0.352 e. The molecular weight excluding hydrogens is 308 g/mol. The van der Waals surface area contributed by atoms with Gasteiger partial charge in [-0.15, -0.1) is 11.6 Å². The highest BCUT2D eigenvalue weighted by molar-refractivity contribution is 9.10. The number of amides is 1. The van der Waals surface area contributed by atoms with Crippen LogP contribution in [0, 0.1) is 5.82 Å². The van der Waals surface area contributed by atoms with Crippen molar-refractivity contribution in [2.24, 2.45) is 0 Å². The molecule has 17 heavy (non-hydrogen) atoms. The van der Waals surface area contributed by atoms with E-state index in [0.717, 1.165) is 12.8 Å². The molecule has 0 spiro atoms. The standard InChI is InChI=1S/C12H14BrClFNO/c1-8(14)4-3-7-16-12(17)9-5-2-6-10(15)11(9)13/h2,5-6,8H,3-4,7H2,1H3,(H,16,17). The number of benzene rings is 1. The Balaban J connectivity index is 2.50. The van der Waals surface area contributed by atoms with Crippen LogP contribution in [0.3, 0.4) is 0 Å². The van der Waals surface area contributed by atoms with Crippen LogP contribution in [0.2, 0.25) is 0 Å². The monoisotopic (exact) mass is 321 g/mol. The van der Waals surface area contributed by atoms with Crippen molar-refractivity contribution in [1.29, 1.82) is 0 Å². The van der Waals surface area contributed by atoms with Gasteiger partial charge in [0.05, 0.1) is 10.0 Å². The maximum Gasteiger partial charge on any atom is 0.252 e. The number of rotatable bonds is 5. The molecule has 0 heterocycles. The molecule has 0 aliphatic heterocycles. The van der Waals surface area contributed by atoms with Crippen molar-refractivity contribution in [2.45, 2.75) is 25.1 Å². The molecule has 1 N–H and O–H groups in total. The van der Waals surface area contributed by atoms with Gasteiger partial charge in [0.15, 0.2) is 0 Å². The fraction of sp³-hybridized carbons (Fsp3) is 0.417. The van der Waals surface area contributed by atoms with Gasteiger partial charge in [-0.1, -0.05) is 6.07 Å². The molecule has 0 aliphatic carbocycles. The van der Waals surface area contributed by atoms with Crippen LogP contribution in [0.5, 0.6) is 0 Å². The molecule has 1 atom stereocenters. The summed E-state index contributed by atoms with van der Waals surface area (Å²) in [4.78, 5) is 11.7. The van der Waals surface area contributed by atoms with Crippen LogP contribution < -0.4 is 5.32 Å². The Kier molecular flexibility index (Phi) is 5.92. The van der Waals surface area contributed by atoms with Gasteiger partial charge in [0.2, 0.25) is 0 Å². The molecule has 0 aromatic heterocycles. The van der Waals surface area contributed by atoms with E-state index in [1.807, 2.05) is 6.92 Å². The second kappa shape index (κ2) is 6.97. The minimum absolute atomic E-state index is 0.104. The number of carbonyl (C=O) groups is 1. The van der Waals surface area contributed by atoms with Crippen LogP contribution in [0.15, 0.2) is 22.7 Å². The predicted molar refractivity (Wildman–Crippen MR) is 71.0 cm³/mol. The summed E-state index contributed by atoms with van der Waals surface area (Å²) in [5, 5.41) is 2.83. The topological polar surface area (TPSA) is 29.1 Å². The van der Waals surface area contributed by atoms with Crippen molar-refractivity contribution in [3.63, 3.8) is 0 Å². The zero-order chi connectivity index (χ0) is 12.8. The molecule has 0 radical (unpaired) electrons. The first-order valence-corrected chi connectivity index (χ1v) is 6.61. The van der Waals surface area contributed by atoms with Gasteiger partial charge in [-0.05, 0) is 47.8 Å². The number of carbonyl (C=O) groups excluding carboxylic acids is 1. The first-order valence-electron chi connectivity index (χ1n) is 5.38. The lowest BCUT2D eigenvalue weighted by atomic mass is 10.2. The van der Waals surface area contributed by atoms with Gasteiger partial charge in [-0.3, -0.25) is 4.79 Å². The Bertz CT molecular complexity index is 398. The molecule has 5 heteroatoms. The number of hydrogen-bond acceptors (Lipinski definition) is 1. The summed E-state index contributed by atoms with van der Waals surface area (Å²) < 4.78 is 13.4. The van der Waals surface area contributed by atoms with E-state index in [9.17, 15) is 9.18 Å². The van der Waals surface area contributed by atoms with Crippen LogP contribution in [0.1, 0.15) is 30.1 Å². The van der Waals surface area contributed by atoms with Crippen molar-refractivity contribution in [3.05, 3.63) is 34.1 Å². The lowest BCUT2D eigenvalue weighted by Gasteiger charge is -2.07. The lowest BCUT2D eigenvalue weighted by molar-refractivity contribution is 0.0951. The Morgan fingerprint density at radius 1 is 1.59 bits per heavy atom. The molecule has 0 saturated heterocycles. The Hall–Kier alpha value is -0.610. The number of alkyl halides is 1. The second-order valence-electron chi connectivity index (χ2n) is 3.78. The van der Waals surface area contributed by atoms with Gasteiger partial charge in [0, 0.05) is 11.9 Å². The van der Waals surface area contributed by atoms with Gasteiger partial charge >= 0.3 is 0 Å². The molecule has 1 aromatic carbocycles. The van der Waals surface area contributed by atoms with E-state index in [1.54, 1.807) is 6.07 Å². The minimum atomic E-state index is -0.438. The van der Waals surface area contributed by atoms with Crippen molar-refractivity contribution in [2.75, 3.05) is 6.54 Å². The first kappa shape index (κ1) is 14.5. The molecule has 0 fully saturated rings. The van der Waals surface area contributed by atoms with Crippen LogP contribution >= 0.6 is 27.5 Å². The summed E-state index contributed by atoms with van der Waals surface area (Å²) in [6.45, 7) is 2.45. The van der Waals surface area contributed by atoms with Gasteiger partial charge < -0.3 is 5.32 Å². The third kappa shape index (κ3) is 4.64. The van der Waals surface area contributed by atoms with Crippen molar-refractivity contribution in [3.8, 4) is 0 Å². The molecule has 1 rings (SSSR count). The van der Waals surface area contributed by atoms with Crippen molar-refractivity contribution >= 4 is 33.4 Å². The van der Waals surface area contributed by atoms with E-state index in [4.69, 9.17) is 11.6 Å². The minimum Gasteiger partial charge on any atom is -0.352 e. The molecule has 1 aromatic rings. The third-order valence-electron chi connectivity index (χ3n) is 2.26. The van der Waals surface area contributed by atoms with Crippen LogP contribution in [0.4, 0.5) is 4.39 Å². The Morgan fingerprint density at radius 3 is 2.94 bits per heavy atom. The summed E-state index contributed by atoms with van der Waals surface area (Å²) in [6, 6.07) is 4.39. The van der Waals surface area contributed by atoms with E-state index in [1.165, 1.54) is 12.1 Å². The fourth-order valence-electron chi connectivity index (χ4n) is 1.36. The van der Waals surface area contributed by atoms with E-state index in [2.05, 4.69) is 21.2 Å². The summed E-state index contributed by atoms with van der Waals surface area (Å²) in [7, 11) is 0. The van der Waals surface area contributed by atoms with Gasteiger partial charge in [0.1, 0.15) is 5.82 Å². The summed E-state index contributed by atoms with van der Waals surface area (Å²) in [5.74, 6) is -0.717. The smallest absolute Gasteiger partial charge is 0.252 e. The average Bonchev–Trinajstić information content (AvgIpc) is 2.27. The van der Waals surface area contributed by atoms with E-state index in [0.29, 0.717) is 12.1 Å². The van der Waals surface area contributed by atoms with Gasteiger partial charge in [0.25, 0.3) is 5.91 Å². The van der Waals surface area contributed by atoms with E-state index >= 15 is 0 Å². The van der Waals surface area contributed by atoms with Crippen molar-refractivity contribution in [1.82, 2.24) is 5.32 Å². The maximum absolute atomic E-state index is 13.2. The van der Waals surface area contributed by atoms with E-state index in [-0.39, 0.29) is 15.8 Å². The summed E-state index contributed by atoms with van der Waals surface area (Å²) in [5.41, 5.74) is 0.309. The molecule has 94 valence electrons. The first-order chi connectivity index (χ1) is 8.02. The molecule has 0 bridgehead atoms. The summed E-state index contributed by atoms with van der Waals surface area (Å²) >= 11 is 8.84. The highest BCUT2D eigenvalue weighted by atomic mass is 79.9. The Labute approximate surface area is 114 Å². The molecular formula is C12H14BrClFNO. The SMILES string of the molecule is CC(Cl)CCCNC(=O)c1cccc(F)c1Br. The zero-order valence-electron chi connectivity index (χ0n) is 9.47. The molecule has 0 saturated carbocycles. The number of halogens is 3. The molecule has 1 unspecified atom stereocenters. The average molecular weight is 323 g/mol. The fourth-order valence-corrected chi connectivity index (χ4v) is 1.96. The van der Waals surface area contributed by atoms with E-state index < -0.39 is 5.82 Å². The highest BCUT2D eigenvalue weighted by Crippen LogP contribution is 2.20. The van der Waals surface area contributed by atoms with Gasteiger partial charge in [-0.2, -0.15) is 0 Å². The van der Waals surface area contributed by atoms with Crippen LogP contribution in [0.25, 0.3) is 0 Å². The van der Waals surface area contributed by atoms with Crippen LogP contribution in [-0.4, -0.2) is 17.8 Å². The summed E-state index contributed by atoms with van der Waals surface area (Å²) in [6.07, 6.45) is 1.65. The highest BCUT2D eigenvalue weighted by Gasteiger charge is 2.12. The quantitative estimate of drug-likeness (QED) is 0.649. The molecule has 0 aliphatic rings. The number of hydrogen-bond donors (Lipinski definition) is 1. The van der Waals surface area contributed by atoms with Gasteiger partial charge in [-0.25, -0.2) is 4.39 Å².